The van der Waals surface area contributed by atoms with E-state index >= 15 is 0 Å². The number of hydrogen-bond donors (Lipinski definition) is 0. The summed E-state index contributed by atoms with van der Waals surface area (Å²) in [5.74, 6) is 1.92. The third-order valence-electron chi connectivity index (χ3n) is 5.27. The van der Waals surface area contributed by atoms with Gasteiger partial charge in [0, 0.05) is 44.0 Å². The highest BCUT2D eigenvalue weighted by molar-refractivity contribution is 5.93. The van der Waals surface area contributed by atoms with E-state index in [0.29, 0.717) is 43.5 Å². The lowest BCUT2D eigenvalue weighted by Crippen LogP contribution is -2.49. The predicted molar refractivity (Wildman–Crippen MR) is 114 cm³/mol. The molecule has 5 rings (SSSR count). The summed E-state index contributed by atoms with van der Waals surface area (Å²) in [4.78, 5) is 16.7. The van der Waals surface area contributed by atoms with Crippen LogP contribution in [0.2, 0.25) is 0 Å². The minimum absolute atomic E-state index is 0.124. The van der Waals surface area contributed by atoms with Crippen LogP contribution >= 0.6 is 0 Å². The molecule has 1 saturated heterocycles. The fourth-order valence-corrected chi connectivity index (χ4v) is 3.57. The number of piperazine rings is 1. The highest BCUT2D eigenvalue weighted by Crippen LogP contribution is 2.21. The first-order chi connectivity index (χ1) is 15.2. The SMILES string of the molecule is Cc1ccn(-c2ccc(N3CCN(C(=O)c4cc(-c5ccccc5)on4)CC3)nn2)n1. The van der Waals surface area contributed by atoms with Gasteiger partial charge in [0.1, 0.15) is 0 Å². The largest absolute Gasteiger partial charge is 0.355 e. The number of hydrogen-bond acceptors (Lipinski definition) is 7. The molecule has 1 aromatic carbocycles. The zero-order chi connectivity index (χ0) is 21.2. The Bertz CT molecular complexity index is 1180. The normalized spacial score (nSPS) is 14.1. The molecule has 0 radical (unpaired) electrons. The Morgan fingerprint density at radius 3 is 2.35 bits per heavy atom. The van der Waals surface area contributed by atoms with Crippen molar-refractivity contribution < 1.29 is 9.32 Å². The molecule has 4 aromatic rings. The molecule has 0 unspecified atom stereocenters. The standard InChI is InChI=1S/C22H21N7O2/c1-16-9-10-29(25-16)21-8-7-20(23-24-21)27-11-13-28(14-12-27)22(30)18-15-19(31-26-18)17-5-3-2-4-6-17/h2-10,15H,11-14H2,1H3. The number of benzene rings is 1. The molecule has 0 saturated carbocycles. The minimum atomic E-state index is -0.124. The first-order valence-electron chi connectivity index (χ1n) is 10.1. The summed E-state index contributed by atoms with van der Waals surface area (Å²) >= 11 is 0. The Morgan fingerprint density at radius 1 is 0.935 bits per heavy atom. The molecule has 1 aliphatic rings. The average Bonchev–Trinajstić information content (AvgIpc) is 3.49. The molecule has 0 atom stereocenters. The van der Waals surface area contributed by atoms with Gasteiger partial charge in [0.15, 0.2) is 23.1 Å². The third kappa shape index (κ3) is 3.89. The summed E-state index contributed by atoms with van der Waals surface area (Å²) in [5, 5.41) is 16.9. The van der Waals surface area contributed by atoms with Crippen molar-refractivity contribution in [3.8, 4) is 17.1 Å². The van der Waals surface area contributed by atoms with Crippen LogP contribution in [0, 0.1) is 6.92 Å². The fourth-order valence-electron chi connectivity index (χ4n) is 3.57. The number of nitrogens with zero attached hydrogens (tertiary/aromatic N) is 7. The molecule has 156 valence electrons. The highest BCUT2D eigenvalue weighted by Gasteiger charge is 2.25. The third-order valence-corrected chi connectivity index (χ3v) is 5.27. The van der Waals surface area contributed by atoms with Crippen LogP contribution in [0.25, 0.3) is 17.1 Å². The second-order valence-corrected chi connectivity index (χ2v) is 7.37. The molecule has 4 heterocycles. The number of aryl methyl sites for hydroxylation is 1. The molecule has 9 heteroatoms. The van der Waals surface area contributed by atoms with Gasteiger partial charge in [0.05, 0.1) is 5.69 Å². The Kier molecular flexibility index (Phi) is 4.91. The zero-order valence-electron chi connectivity index (χ0n) is 17.0. The van der Waals surface area contributed by atoms with Gasteiger partial charge in [-0.25, -0.2) is 4.68 Å². The van der Waals surface area contributed by atoms with E-state index in [1.54, 1.807) is 15.6 Å². The van der Waals surface area contributed by atoms with E-state index in [1.165, 1.54) is 0 Å². The van der Waals surface area contributed by atoms with Gasteiger partial charge >= 0.3 is 0 Å². The average molecular weight is 415 g/mol. The highest BCUT2D eigenvalue weighted by atomic mass is 16.5. The van der Waals surface area contributed by atoms with Gasteiger partial charge in [-0.1, -0.05) is 35.5 Å². The van der Waals surface area contributed by atoms with Crippen LogP contribution < -0.4 is 4.90 Å². The molecule has 3 aromatic heterocycles. The van der Waals surface area contributed by atoms with Crippen LogP contribution in [0.3, 0.4) is 0 Å². The van der Waals surface area contributed by atoms with Gasteiger partial charge < -0.3 is 14.3 Å². The van der Waals surface area contributed by atoms with Gasteiger partial charge in [0.2, 0.25) is 0 Å². The van der Waals surface area contributed by atoms with Gasteiger partial charge in [-0.15, -0.1) is 10.2 Å². The number of aromatic nitrogens is 5. The van der Waals surface area contributed by atoms with Crippen LogP contribution in [0.5, 0.6) is 0 Å². The van der Waals surface area contributed by atoms with E-state index in [9.17, 15) is 4.79 Å². The zero-order valence-corrected chi connectivity index (χ0v) is 17.0. The number of amides is 1. The second kappa shape index (κ2) is 8.02. The van der Waals surface area contributed by atoms with Gasteiger partial charge in [-0.05, 0) is 25.1 Å². The lowest BCUT2D eigenvalue weighted by Gasteiger charge is -2.34. The maximum Gasteiger partial charge on any atom is 0.276 e. The van der Waals surface area contributed by atoms with E-state index in [1.807, 2.05) is 61.7 Å². The lowest BCUT2D eigenvalue weighted by atomic mass is 10.1. The monoisotopic (exact) mass is 415 g/mol. The Labute approximate surface area is 178 Å². The number of rotatable bonds is 4. The Hall–Kier alpha value is -4.01. The number of anilines is 1. The molecular weight excluding hydrogens is 394 g/mol. The molecule has 0 aliphatic carbocycles. The molecule has 31 heavy (non-hydrogen) atoms. The van der Waals surface area contributed by atoms with Crippen molar-refractivity contribution in [1.29, 1.82) is 0 Å². The Balaban J connectivity index is 1.21. The molecule has 9 nitrogen and oxygen atoms in total. The second-order valence-electron chi connectivity index (χ2n) is 7.37. The number of carbonyl (C=O) groups is 1. The van der Waals surface area contributed by atoms with Crippen molar-refractivity contribution in [2.45, 2.75) is 6.92 Å². The van der Waals surface area contributed by atoms with Crippen molar-refractivity contribution in [3.63, 3.8) is 0 Å². The summed E-state index contributed by atoms with van der Waals surface area (Å²) in [6, 6.07) is 17.1. The summed E-state index contributed by atoms with van der Waals surface area (Å²) in [5.41, 5.74) is 2.15. The van der Waals surface area contributed by atoms with Gasteiger partial charge in [0.25, 0.3) is 5.91 Å². The first kappa shape index (κ1) is 19.0. The van der Waals surface area contributed by atoms with Crippen LogP contribution in [-0.4, -0.2) is 62.1 Å². The number of carbonyl (C=O) groups excluding carboxylic acids is 1. The van der Waals surface area contributed by atoms with Crippen molar-refractivity contribution in [2.75, 3.05) is 31.1 Å². The molecule has 0 N–H and O–H groups in total. The van der Waals surface area contributed by atoms with E-state index < -0.39 is 0 Å². The maximum absolute atomic E-state index is 12.8. The summed E-state index contributed by atoms with van der Waals surface area (Å²) in [7, 11) is 0. The fraction of sp³-hybridized carbons (Fsp3) is 0.227. The molecule has 1 amide bonds. The van der Waals surface area contributed by atoms with Crippen molar-refractivity contribution >= 4 is 11.7 Å². The van der Waals surface area contributed by atoms with Crippen LogP contribution in [0.4, 0.5) is 5.82 Å². The topological polar surface area (TPSA) is 93.2 Å². The van der Waals surface area contributed by atoms with E-state index in [0.717, 1.165) is 17.1 Å². The lowest BCUT2D eigenvalue weighted by molar-refractivity contribution is 0.0736. The van der Waals surface area contributed by atoms with Crippen LogP contribution in [0.1, 0.15) is 16.2 Å². The molecule has 1 aliphatic heterocycles. The van der Waals surface area contributed by atoms with Crippen LogP contribution in [-0.2, 0) is 0 Å². The van der Waals surface area contributed by atoms with E-state index in [4.69, 9.17) is 4.52 Å². The van der Waals surface area contributed by atoms with Gasteiger partial charge in [-0.2, -0.15) is 5.10 Å². The van der Waals surface area contributed by atoms with E-state index in [-0.39, 0.29) is 5.91 Å². The predicted octanol–water partition coefficient (Wildman–Crippen LogP) is 2.59. The van der Waals surface area contributed by atoms with Crippen molar-refractivity contribution in [2.24, 2.45) is 0 Å². The molecule has 0 spiro atoms. The molecule has 0 bridgehead atoms. The van der Waals surface area contributed by atoms with Crippen LogP contribution in [0.15, 0.2) is 65.3 Å². The Morgan fingerprint density at radius 2 is 1.68 bits per heavy atom. The smallest absolute Gasteiger partial charge is 0.276 e. The minimum Gasteiger partial charge on any atom is -0.355 e. The van der Waals surface area contributed by atoms with E-state index in [2.05, 4.69) is 25.4 Å². The summed E-state index contributed by atoms with van der Waals surface area (Å²) < 4.78 is 7.07. The summed E-state index contributed by atoms with van der Waals surface area (Å²) in [6.07, 6.45) is 1.86. The molecule has 1 fully saturated rings. The quantitative estimate of drug-likeness (QED) is 0.506. The first-order valence-corrected chi connectivity index (χ1v) is 10.1. The van der Waals surface area contributed by atoms with Crippen molar-refractivity contribution in [1.82, 2.24) is 30.0 Å². The molecular formula is C22H21N7O2. The van der Waals surface area contributed by atoms with Crippen molar-refractivity contribution in [3.05, 3.63) is 72.2 Å². The van der Waals surface area contributed by atoms with Gasteiger partial charge in [-0.3, -0.25) is 4.79 Å². The summed E-state index contributed by atoms with van der Waals surface area (Å²) in [6.45, 7) is 4.43. The maximum atomic E-state index is 12.8.